The second-order valence-electron chi connectivity index (χ2n) is 5.99. The van der Waals surface area contributed by atoms with Gasteiger partial charge in [0.15, 0.2) is 0 Å². The SMILES string of the molecule is Nc1ccc(NC2CCCN(CC3CC3)CC2)cn1. The van der Waals surface area contributed by atoms with Gasteiger partial charge < -0.3 is 16.0 Å². The first-order chi connectivity index (χ1) is 9.29. The summed E-state index contributed by atoms with van der Waals surface area (Å²) < 4.78 is 0. The van der Waals surface area contributed by atoms with E-state index in [0.29, 0.717) is 11.9 Å². The Labute approximate surface area is 115 Å². The maximum absolute atomic E-state index is 5.61. The van der Waals surface area contributed by atoms with E-state index in [1.165, 1.54) is 51.7 Å². The molecule has 1 atom stereocenters. The molecule has 19 heavy (non-hydrogen) atoms. The molecule has 1 aromatic rings. The normalized spacial score (nSPS) is 24.9. The number of anilines is 2. The van der Waals surface area contributed by atoms with Crippen LogP contribution in [0, 0.1) is 5.92 Å². The largest absolute Gasteiger partial charge is 0.384 e. The number of nitrogens with two attached hydrogens (primary N) is 1. The molecule has 0 radical (unpaired) electrons. The third-order valence-electron chi connectivity index (χ3n) is 4.19. The molecule has 3 N–H and O–H groups in total. The van der Waals surface area contributed by atoms with Crippen molar-refractivity contribution in [1.82, 2.24) is 9.88 Å². The Morgan fingerprint density at radius 3 is 2.84 bits per heavy atom. The number of hydrogen-bond acceptors (Lipinski definition) is 4. The van der Waals surface area contributed by atoms with Gasteiger partial charge >= 0.3 is 0 Å². The number of nitrogens with zero attached hydrogens (tertiary/aromatic N) is 2. The van der Waals surface area contributed by atoms with Crippen molar-refractivity contribution < 1.29 is 0 Å². The summed E-state index contributed by atoms with van der Waals surface area (Å²) in [4.78, 5) is 6.79. The Balaban J connectivity index is 1.49. The van der Waals surface area contributed by atoms with Crippen LogP contribution >= 0.6 is 0 Å². The number of nitrogens with one attached hydrogen (secondary N) is 1. The molecule has 1 aliphatic carbocycles. The lowest BCUT2D eigenvalue weighted by Crippen LogP contribution is -2.28. The third kappa shape index (κ3) is 3.83. The third-order valence-corrected chi connectivity index (χ3v) is 4.19. The zero-order chi connectivity index (χ0) is 13.1. The predicted molar refractivity (Wildman–Crippen MR) is 79.1 cm³/mol. The molecule has 1 saturated heterocycles. The molecule has 4 nitrogen and oxygen atoms in total. The molecule has 1 saturated carbocycles. The van der Waals surface area contributed by atoms with E-state index in [2.05, 4.69) is 15.2 Å². The molecule has 0 spiro atoms. The first kappa shape index (κ1) is 12.7. The minimum Gasteiger partial charge on any atom is -0.384 e. The van der Waals surface area contributed by atoms with Crippen LogP contribution in [0.1, 0.15) is 32.1 Å². The fourth-order valence-electron chi connectivity index (χ4n) is 2.87. The highest BCUT2D eigenvalue weighted by Crippen LogP contribution is 2.30. The summed E-state index contributed by atoms with van der Waals surface area (Å²) in [5.41, 5.74) is 6.70. The lowest BCUT2D eigenvalue weighted by atomic mass is 10.1. The van der Waals surface area contributed by atoms with Crippen LogP contribution in [0.4, 0.5) is 11.5 Å². The van der Waals surface area contributed by atoms with E-state index in [1.54, 1.807) is 0 Å². The van der Waals surface area contributed by atoms with Crippen molar-refractivity contribution in [3.05, 3.63) is 18.3 Å². The van der Waals surface area contributed by atoms with Crippen molar-refractivity contribution in [3.8, 4) is 0 Å². The van der Waals surface area contributed by atoms with Crippen molar-refractivity contribution >= 4 is 11.5 Å². The van der Waals surface area contributed by atoms with Crippen LogP contribution in [0.15, 0.2) is 18.3 Å². The van der Waals surface area contributed by atoms with Gasteiger partial charge in [-0.05, 0) is 56.7 Å². The summed E-state index contributed by atoms with van der Waals surface area (Å²) in [6.07, 6.45) is 8.53. The molecule has 0 aromatic carbocycles. The van der Waals surface area contributed by atoms with Crippen LogP contribution in [-0.4, -0.2) is 35.6 Å². The molecular weight excluding hydrogens is 236 g/mol. The van der Waals surface area contributed by atoms with Gasteiger partial charge in [0.1, 0.15) is 5.82 Å². The van der Waals surface area contributed by atoms with Gasteiger partial charge in [0, 0.05) is 19.1 Å². The molecule has 4 heteroatoms. The van der Waals surface area contributed by atoms with Crippen LogP contribution in [0.25, 0.3) is 0 Å². The second-order valence-corrected chi connectivity index (χ2v) is 5.99. The van der Waals surface area contributed by atoms with Crippen LogP contribution in [0.3, 0.4) is 0 Å². The molecule has 1 aromatic heterocycles. The molecule has 0 amide bonds. The van der Waals surface area contributed by atoms with Gasteiger partial charge in [-0.25, -0.2) is 4.98 Å². The molecule has 3 rings (SSSR count). The van der Waals surface area contributed by atoms with E-state index in [0.717, 1.165) is 11.6 Å². The highest BCUT2D eigenvalue weighted by atomic mass is 15.1. The van der Waals surface area contributed by atoms with E-state index in [9.17, 15) is 0 Å². The monoisotopic (exact) mass is 260 g/mol. The lowest BCUT2D eigenvalue weighted by molar-refractivity contribution is 0.273. The standard InChI is InChI=1S/C15H24N4/c16-15-6-5-14(10-17-15)18-13-2-1-8-19(9-7-13)11-12-3-4-12/h5-6,10,12-13,18H,1-4,7-9,11H2,(H2,16,17). The maximum atomic E-state index is 5.61. The molecule has 0 bridgehead atoms. The Hall–Kier alpha value is -1.29. The minimum atomic E-state index is 0.578. The van der Waals surface area contributed by atoms with Gasteiger partial charge in [-0.3, -0.25) is 0 Å². The van der Waals surface area contributed by atoms with Crippen molar-refractivity contribution in [1.29, 1.82) is 0 Å². The van der Waals surface area contributed by atoms with E-state index < -0.39 is 0 Å². The Bertz CT molecular complexity index is 399. The predicted octanol–water partition coefficient (Wildman–Crippen LogP) is 2.34. The molecular formula is C15H24N4. The molecule has 2 aliphatic rings. The van der Waals surface area contributed by atoms with Gasteiger partial charge in [-0.15, -0.1) is 0 Å². The second kappa shape index (κ2) is 5.78. The number of rotatable bonds is 4. The first-order valence-electron chi connectivity index (χ1n) is 7.50. The summed E-state index contributed by atoms with van der Waals surface area (Å²) in [5.74, 6) is 1.59. The molecule has 104 valence electrons. The molecule has 1 aliphatic heterocycles. The smallest absolute Gasteiger partial charge is 0.123 e. The number of likely N-dealkylation sites (tertiary alicyclic amines) is 1. The van der Waals surface area contributed by atoms with Gasteiger partial charge in [0.05, 0.1) is 11.9 Å². The summed E-state index contributed by atoms with van der Waals surface area (Å²) in [7, 11) is 0. The van der Waals surface area contributed by atoms with Crippen molar-refractivity contribution in [2.24, 2.45) is 5.92 Å². The zero-order valence-corrected chi connectivity index (χ0v) is 11.5. The lowest BCUT2D eigenvalue weighted by Gasteiger charge is -2.20. The van der Waals surface area contributed by atoms with Gasteiger partial charge in [0.25, 0.3) is 0 Å². The highest BCUT2D eigenvalue weighted by Gasteiger charge is 2.25. The molecule has 2 heterocycles. The van der Waals surface area contributed by atoms with Crippen LogP contribution < -0.4 is 11.1 Å². The van der Waals surface area contributed by atoms with Crippen molar-refractivity contribution in [2.45, 2.75) is 38.1 Å². The zero-order valence-electron chi connectivity index (χ0n) is 11.5. The van der Waals surface area contributed by atoms with E-state index in [4.69, 9.17) is 5.73 Å². The Morgan fingerprint density at radius 2 is 2.11 bits per heavy atom. The van der Waals surface area contributed by atoms with Gasteiger partial charge in [-0.1, -0.05) is 0 Å². The van der Waals surface area contributed by atoms with Crippen LogP contribution in [-0.2, 0) is 0 Å². The van der Waals surface area contributed by atoms with E-state index in [1.807, 2.05) is 18.3 Å². The Morgan fingerprint density at radius 1 is 1.21 bits per heavy atom. The van der Waals surface area contributed by atoms with Crippen molar-refractivity contribution in [2.75, 3.05) is 30.7 Å². The quantitative estimate of drug-likeness (QED) is 0.872. The number of pyridine rings is 1. The maximum Gasteiger partial charge on any atom is 0.123 e. The molecule has 1 unspecified atom stereocenters. The number of aromatic nitrogens is 1. The highest BCUT2D eigenvalue weighted by molar-refractivity contribution is 5.45. The summed E-state index contributed by atoms with van der Waals surface area (Å²) in [6, 6.07) is 4.46. The summed E-state index contributed by atoms with van der Waals surface area (Å²) >= 11 is 0. The van der Waals surface area contributed by atoms with E-state index in [-0.39, 0.29) is 0 Å². The fourth-order valence-corrected chi connectivity index (χ4v) is 2.87. The molecule has 2 fully saturated rings. The first-order valence-corrected chi connectivity index (χ1v) is 7.50. The average Bonchev–Trinajstić information content (AvgIpc) is 3.22. The van der Waals surface area contributed by atoms with E-state index >= 15 is 0 Å². The Kier molecular flexibility index (Phi) is 3.87. The number of hydrogen-bond donors (Lipinski definition) is 2. The van der Waals surface area contributed by atoms with Crippen LogP contribution in [0.2, 0.25) is 0 Å². The topological polar surface area (TPSA) is 54.2 Å². The minimum absolute atomic E-state index is 0.578. The summed E-state index contributed by atoms with van der Waals surface area (Å²) in [5, 5.41) is 3.59. The van der Waals surface area contributed by atoms with Gasteiger partial charge in [0.2, 0.25) is 0 Å². The number of nitrogen functional groups attached to an aromatic ring is 1. The van der Waals surface area contributed by atoms with Crippen LogP contribution in [0.5, 0.6) is 0 Å². The fraction of sp³-hybridized carbons (Fsp3) is 0.667. The average molecular weight is 260 g/mol. The van der Waals surface area contributed by atoms with Gasteiger partial charge in [-0.2, -0.15) is 0 Å². The summed E-state index contributed by atoms with van der Waals surface area (Å²) in [6.45, 7) is 3.83. The van der Waals surface area contributed by atoms with Crippen molar-refractivity contribution in [3.63, 3.8) is 0 Å².